The van der Waals surface area contributed by atoms with Crippen LogP contribution in [0, 0.1) is 0 Å². The summed E-state index contributed by atoms with van der Waals surface area (Å²) < 4.78 is 1.48. The Balaban J connectivity index is 1.47. The predicted molar refractivity (Wildman–Crippen MR) is 139 cm³/mol. The van der Waals surface area contributed by atoms with Crippen molar-refractivity contribution < 1.29 is 4.79 Å². The van der Waals surface area contributed by atoms with Gasteiger partial charge in [0.15, 0.2) is 11.5 Å². The zero-order valence-electron chi connectivity index (χ0n) is 19.7. The van der Waals surface area contributed by atoms with Crippen LogP contribution in [0.4, 0.5) is 5.69 Å². The Morgan fingerprint density at radius 1 is 1.00 bits per heavy atom. The van der Waals surface area contributed by atoms with Gasteiger partial charge in [-0.25, -0.2) is 25.5 Å². The first-order valence-corrected chi connectivity index (χ1v) is 11.4. The number of nitrogens with two attached hydrogens (primary N) is 2. The van der Waals surface area contributed by atoms with E-state index < -0.39 is 0 Å². The molecule has 6 aromatic rings. The van der Waals surface area contributed by atoms with Crippen LogP contribution in [0.15, 0.2) is 67.6 Å². The van der Waals surface area contributed by atoms with Gasteiger partial charge < -0.3 is 5.84 Å². The Bertz CT molecular complexity index is 1770. The molecule has 12 nitrogen and oxygen atoms in total. The molecule has 0 aliphatic carbocycles. The highest BCUT2D eigenvalue weighted by atomic mass is 16.2. The van der Waals surface area contributed by atoms with Crippen LogP contribution >= 0.6 is 0 Å². The Hall–Kier alpha value is -5.23. The molecule has 0 unspecified atom stereocenters. The average Bonchev–Trinajstić information content (AvgIpc) is 3.52. The number of carbonyl (C=O) groups is 1. The minimum absolute atomic E-state index is 0.216. The predicted octanol–water partition coefficient (Wildman–Crippen LogP) is 2.82. The molecule has 6 aromatic heterocycles. The summed E-state index contributed by atoms with van der Waals surface area (Å²) in [4.78, 5) is 34.1. The second-order valence-corrected chi connectivity index (χ2v) is 8.34. The Morgan fingerprint density at radius 3 is 2.59 bits per heavy atom. The number of hydrogen-bond acceptors (Lipinski definition) is 9. The minimum Gasteiger partial charge on any atom is -0.337 e. The van der Waals surface area contributed by atoms with Crippen molar-refractivity contribution in [1.29, 1.82) is 0 Å². The van der Waals surface area contributed by atoms with Crippen LogP contribution < -0.4 is 16.7 Å². The lowest BCUT2D eigenvalue weighted by molar-refractivity contribution is -0.118. The summed E-state index contributed by atoms with van der Waals surface area (Å²) in [5.74, 6) is 12.7. The Kier molecular flexibility index (Phi) is 5.27. The fourth-order valence-electron chi connectivity index (χ4n) is 4.19. The molecule has 6 heterocycles. The summed E-state index contributed by atoms with van der Waals surface area (Å²) in [7, 11) is 0. The maximum Gasteiger partial charge on any atom is 0.240 e. The van der Waals surface area contributed by atoms with Crippen LogP contribution in [0.25, 0.3) is 55.8 Å². The standard InChI is InChI=1S/C25H21N11O/c1-2-21(37)35(26)17-7-15(9-29-11-17)16-8-18-23(33-34-24(18)31-10-16)25-32-22-19(14-3-5-28-6-4-14)12-30-13-20(22)36(25)27/h3-13H,2,26-27H2,1H3,(H,31,33,34). The summed E-state index contributed by atoms with van der Waals surface area (Å²) in [6.07, 6.45) is 12.1. The Labute approximate surface area is 210 Å². The van der Waals surface area contributed by atoms with E-state index in [2.05, 4.69) is 30.1 Å². The maximum absolute atomic E-state index is 12.0. The number of imidazole rings is 1. The van der Waals surface area contributed by atoms with Crippen molar-refractivity contribution in [3.63, 3.8) is 0 Å². The van der Waals surface area contributed by atoms with Crippen LogP contribution in [0.5, 0.6) is 0 Å². The number of rotatable bonds is 5. The molecule has 182 valence electrons. The molecule has 0 aliphatic heterocycles. The van der Waals surface area contributed by atoms with Crippen LogP contribution in [0.1, 0.15) is 13.3 Å². The third-order valence-corrected chi connectivity index (χ3v) is 6.13. The summed E-state index contributed by atoms with van der Waals surface area (Å²) in [5, 5.41) is 9.19. The number of aromatic nitrogens is 8. The normalized spacial score (nSPS) is 11.3. The molecule has 0 atom stereocenters. The van der Waals surface area contributed by atoms with Gasteiger partial charge in [-0.2, -0.15) is 5.10 Å². The lowest BCUT2D eigenvalue weighted by Crippen LogP contribution is -2.36. The number of anilines is 1. The third-order valence-electron chi connectivity index (χ3n) is 6.13. The SMILES string of the molecule is CCC(=O)N(N)c1cncc(-c2cnc3n[nH]c(-c4nc5c(-c6ccncc6)cncc5n4N)c3c2)c1. The second kappa shape index (κ2) is 8.77. The molecule has 0 spiro atoms. The van der Waals surface area contributed by atoms with E-state index in [1.54, 1.807) is 50.2 Å². The van der Waals surface area contributed by atoms with Gasteiger partial charge >= 0.3 is 0 Å². The number of amides is 1. The quantitative estimate of drug-likeness (QED) is 0.186. The molecular formula is C25H21N11O. The van der Waals surface area contributed by atoms with Crippen molar-refractivity contribution in [3.8, 4) is 33.8 Å². The third kappa shape index (κ3) is 3.72. The number of aromatic amines is 1. The first-order chi connectivity index (χ1) is 18.0. The molecule has 0 aliphatic rings. The number of H-pyrrole nitrogens is 1. The lowest BCUT2D eigenvalue weighted by atomic mass is 10.1. The number of nitrogen functional groups attached to an aromatic ring is 1. The number of pyridine rings is 4. The van der Waals surface area contributed by atoms with Gasteiger partial charge in [-0.1, -0.05) is 6.92 Å². The largest absolute Gasteiger partial charge is 0.337 e. The van der Waals surface area contributed by atoms with Gasteiger partial charge in [0.1, 0.15) is 16.7 Å². The van der Waals surface area contributed by atoms with Gasteiger partial charge in [0.05, 0.1) is 23.5 Å². The first kappa shape index (κ1) is 22.2. The molecular weight excluding hydrogens is 470 g/mol. The fourth-order valence-corrected chi connectivity index (χ4v) is 4.19. The number of hydrazine groups is 1. The second-order valence-electron chi connectivity index (χ2n) is 8.34. The van der Waals surface area contributed by atoms with Crippen molar-refractivity contribution in [2.45, 2.75) is 13.3 Å². The van der Waals surface area contributed by atoms with Gasteiger partial charge in [-0.05, 0) is 29.8 Å². The van der Waals surface area contributed by atoms with Crippen molar-refractivity contribution in [1.82, 2.24) is 39.8 Å². The Morgan fingerprint density at radius 2 is 1.78 bits per heavy atom. The summed E-state index contributed by atoms with van der Waals surface area (Å²) in [6, 6.07) is 7.50. The van der Waals surface area contributed by atoms with Crippen molar-refractivity contribution in [2.75, 3.05) is 10.9 Å². The van der Waals surface area contributed by atoms with E-state index >= 15 is 0 Å². The van der Waals surface area contributed by atoms with Gasteiger partial charge in [-0.15, -0.1) is 0 Å². The van der Waals surface area contributed by atoms with Gasteiger partial charge in [-0.3, -0.25) is 24.8 Å². The zero-order valence-corrected chi connectivity index (χ0v) is 19.7. The van der Waals surface area contributed by atoms with Crippen molar-refractivity contribution in [3.05, 3.63) is 67.6 Å². The summed E-state index contributed by atoms with van der Waals surface area (Å²) >= 11 is 0. The van der Waals surface area contributed by atoms with Gasteiger partial charge in [0.2, 0.25) is 5.91 Å². The zero-order chi connectivity index (χ0) is 25.5. The number of nitrogens with one attached hydrogen (secondary N) is 1. The maximum atomic E-state index is 12.0. The van der Waals surface area contributed by atoms with E-state index in [1.807, 2.05) is 18.2 Å². The van der Waals surface area contributed by atoms with E-state index in [9.17, 15) is 4.79 Å². The molecule has 12 heteroatoms. The molecule has 1 amide bonds. The number of fused-ring (bicyclic) bond motifs is 2. The summed E-state index contributed by atoms with van der Waals surface area (Å²) in [6.45, 7) is 1.75. The molecule has 0 bridgehead atoms. The average molecular weight is 492 g/mol. The molecule has 0 aromatic carbocycles. The first-order valence-electron chi connectivity index (χ1n) is 11.4. The molecule has 6 rings (SSSR count). The van der Waals surface area contributed by atoms with E-state index in [-0.39, 0.29) is 12.3 Å². The minimum atomic E-state index is -0.216. The van der Waals surface area contributed by atoms with E-state index in [4.69, 9.17) is 16.7 Å². The van der Waals surface area contributed by atoms with Crippen molar-refractivity contribution >= 4 is 33.7 Å². The molecule has 0 saturated heterocycles. The summed E-state index contributed by atoms with van der Waals surface area (Å²) in [5.41, 5.74) is 6.23. The van der Waals surface area contributed by atoms with Gasteiger partial charge in [0, 0.05) is 54.1 Å². The van der Waals surface area contributed by atoms with Gasteiger partial charge in [0.25, 0.3) is 0 Å². The van der Waals surface area contributed by atoms with Crippen LogP contribution in [0.3, 0.4) is 0 Å². The highest BCUT2D eigenvalue weighted by Crippen LogP contribution is 2.33. The van der Waals surface area contributed by atoms with E-state index in [0.717, 1.165) is 32.6 Å². The number of hydrogen-bond donors (Lipinski definition) is 3. The monoisotopic (exact) mass is 491 g/mol. The highest BCUT2D eigenvalue weighted by Gasteiger charge is 2.20. The number of carbonyl (C=O) groups excluding carboxylic acids is 1. The van der Waals surface area contributed by atoms with Crippen LogP contribution in [-0.4, -0.2) is 45.7 Å². The molecule has 0 saturated carbocycles. The molecule has 0 radical (unpaired) electrons. The van der Waals surface area contributed by atoms with Crippen molar-refractivity contribution in [2.24, 2.45) is 5.84 Å². The fraction of sp³-hybridized carbons (Fsp3) is 0.0800. The number of nitrogens with zero attached hydrogens (tertiary/aromatic N) is 8. The lowest BCUT2D eigenvalue weighted by Gasteiger charge is -2.16. The highest BCUT2D eigenvalue weighted by molar-refractivity contribution is 5.97. The molecule has 0 fully saturated rings. The molecule has 37 heavy (non-hydrogen) atoms. The van der Waals surface area contributed by atoms with Crippen LogP contribution in [0.2, 0.25) is 0 Å². The topological polar surface area (TPSA) is 170 Å². The molecule has 5 N–H and O–H groups in total. The van der Waals surface area contributed by atoms with E-state index in [0.29, 0.717) is 33.9 Å². The van der Waals surface area contributed by atoms with Crippen LogP contribution in [-0.2, 0) is 4.79 Å². The smallest absolute Gasteiger partial charge is 0.240 e. The van der Waals surface area contributed by atoms with E-state index in [1.165, 1.54) is 10.9 Å².